The molecule has 0 unspecified atom stereocenters. The van der Waals surface area contributed by atoms with E-state index >= 15 is 0 Å². The lowest BCUT2D eigenvalue weighted by Crippen LogP contribution is -2.51. The Morgan fingerprint density at radius 1 is 1.22 bits per heavy atom. The van der Waals surface area contributed by atoms with Crippen LogP contribution in [0.5, 0.6) is 0 Å². The van der Waals surface area contributed by atoms with E-state index in [1.165, 1.54) is 5.56 Å². The van der Waals surface area contributed by atoms with Gasteiger partial charge in [-0.05, 0) is 29.2 Å². The van der Waals surface area contributed by atoms with E-state index in [0.29, 0.717) is 27.1 Å². The number of Topliss-reactive ketones (excluding diaryl/α,β-unsaturated/α-hetero) is 1. The first-order chi connectivity index (χ1) is 12.6. The minimum Gasteiger partial charge on any atom is -0.370 e. The monoisotopic (exact) mass is 421 g/mol. The van der Waals surface area contributed by atoms with Gasteiger partial charge in [0.05, 0.1) is 10.0 Å². The topological polar surface area (TPSA) is 33.0 Å². The molecule has 1 aromatic carbocycles. The number of carbonyl (C=O) groups is 1. The van der Waals surface area contributed by atoms with Crippen LogP contribution in [0, 0.1) is 0 Å². The number of rotatable bonds is 6. The Hall–Kier alpha value is -1.75. The summed E-state index contributed by atoms with van der Waals surface area (Å²) in [6.07, 6.45) is 5.45. The van der Waals surface area contributed by atoms with Gasteiger partial charge in [0.1, 0.15) is 0 Å². The molecule has 27 heavy (non-hydrogen) atoms. The molecule has 142 valence electrons. The fourth-order valence-electron chi connectivity index (χ4n) is 2.58. The third kappa shape index (κ3) is 5.38. The van der Waals surface area contributed by atoms with Gasteiger partial charge >= 0.3 is 0 Å². The molecule has 1 N–H and O–H groups in total. The highest BCUT2D eigenvalue weighted by atomic mass is 35.5. The maximum absolute atomic E-state index is 13.2. The fourth-order valence-corrected chi connectivity index (χ4v) is 3.19. The zero-order valence-electron chi connectivity index (χ0n) is 15.6. The third-order valence-corrected chi connectivity index (χ3v) is 5.24. The average molecular weight is 422 g/mol. The lowest BCUT2D eigenvalue weighted by molar-refractivity contribution is -0.692. The number of nitrogens with zero attached hydrogens (tertiary/aromatic N) is 1. The van der Waals surface area contributed by atoms with Crippen LogP contribution in [0.1, 0.15) is 42.7 Å². The first-order valence-corrected chi connectivity index (χ1v) is 9.70. The van der Waals surface area contributed by atoms with Gasteiger partial charge in [0, 0.05) is 24.2 Å². The average Bonchev–Trinajstić information content (AvgIpc) is 2.62. The van der Waals surface area contributed by atoms with Gasteiger partial charge in [0.15, 0.2) is 17.4 Å². The van der Waals surface area contributed by atoms with Gasteiger partial charge in [-0.3, -0.25) is 4.79 Å². The molecule has 2 aromatic rings. The van der Waals surface area contributed by atoms with Gasteiger partial charge in [-0.1, -0.05) is 62.3 Å². The highest BCUT2D eigenvalue weighted by Gasteiger charge is 2.33. The number of thiocarbonyl (C=S) groups is 1. The van der Waals surface area contributed by atoms with Crippen molar-refractivity contribution in [2.45, 2.75) is 32.2 Å². The largest absolute Gasteiger partial charge is 0.370 e. The van der Waals surface area contributed by atoms with E-state index in [1.54, 1.807) is 28.8 Å². The van der Waals surface area contributed by atoms with Gasteiger partial charge in [-0.15, -0.1) is 6.58 Å². The minimum atomic E-state index is -0.689. The molecule has 1 heterocycles. The molecule has 0 saturated heterocycles. The predicted octanol–water partition coefficient (Wildman–Crippen LogP) is 5.11. The summed E-state index contributed by atoms with van der Waals surface area (Å²) >= 11 is 17.6. The molecule has 1 atom stereocenters. The molecule has 2 rings (SSSR count). The van der Waals surface area contributed by atoms with Crippen LogP contribution in [0.3, 0.4) is 0 Å². The summed E-state index contributed by atoms with van der Waals surface area (Å²) in [6.45, 7) is 10.6. The zero-order chi connectivity index (χ0) is 20.2. The molecular formula is C21H23Cl2N2OS+. The maximum Gasteiger partial charge on any atom is 0.270 e. The summed E-state index contributed by atoms with van der Waals surface area (Å²) in [6, 6.07) is 8.16. The third-order valence-electron chi connectivity index (χ3n) is 4.14. The Balaban J connectivity index is 2.44. The normalized spacial score (nSPS) is 12.3. The lowest BCUT2D eigenvalue weighted by atomic mass is 9.88. The molecular weight excluding hydrogens is 399 g/mol. The maximum atomic E-state index is 13.2. The molecule has 1 aromatic heterocycles. The van der Waals surface area contributed by atoms with Crippen LogP contribution in [0.4, 0.5) is 0 Å². The Morgan fingerprint density at radius 3 is 2.37 bits per heavy atom. The summed E-state index contributed by atoms with van der Waals surface area (Å²) in [7, 11) is 0. The van der Waals surface area contributed by atoms with Crippen molar-refractivity contribution in [1.29, 1.82) is 0 Å². The molecule has 0 bridgehead atoms. The van der Waals surface area contributed by atoms with Gasteiger partial charge in [-0.2, -0.15) is 4.57 Å². The Kier molecular flexibility index (Phi) is 7.15. The van der Waals surface area contributed by atoms with Crippen molar-refractivity contribution in [2.75, 3.05) is 6.54 Å². The number of halogens is 2. The molecule has 3 nitrogen and oxygen atoms in total. The molecule has 0 saturated carbocycles. The Bertz CT molecular complexity index is 857. The van der Waals surface area contributed by atoms with E-state index in [0.717, 1.165) is 0 Å². The number of aromatic nitrogens is 1. The van der Waals surface area contributed by atoms with E-state index < -0.39 is 6.04 Å². The van der Waals surface area contributed by atoms with Gasteiger partial charge in [0.2, 0.25) is 5.78 Å². The van der Waals surface area contributed by atoms with Crippen molar-refractivity contribution in [3.05, 3.63) is 76.6 Å². The second-order valence-corrected chi connectivity index (χ2v) is 8.47. The van der Waals surface area contributed by atoms with Gasteiger partial charge in [-0.25, -0.2) is 0 Å². The Labute approximate surface area is 176 Å². The van der Waals surface area contributed by atoms with Crippen LogP contribution in [0.15, 0.2) is 55.4 Å². The number of carbonyl (C=O) groups excluding carboxylic acids is 1. The van der Waals surface area contributed by atoms with E-state index in [-0.39, 0.29) is 11.2 Å². The van der Waals surface area contributed by atoms with E-state index in [9.17, 15) is 4.79 Å². The van der Waals surface area contributed by atoms with Crippen molar-refractivity contribution >= 4 is 46.2 Å². The highest BCUT2D eigenvalue weighted by Crippen LogP contribution is 2.25. The fraction of sp³-hybridized carbons (Fsp3) is 0.286. The summed E-state index contributed by atoms with van der Waals surface area (Å²) in [5, 5.41) is 3.80. The smallest absolute Gasteiger partial charge is 0.270 e. The van der Waals surface area contributed by atoms with Crippen LogP contribution in [0.25, 0.3) is 0 Å². The molecule has 0 amide bonds. The first-order valence-electron chi connectivity index (χ1n) is 8.54. The molecule has 0 radical (unpaired) electrons. The molecule has 6 heteroatoms. The van der Waals surface area contributed by atoms with E-state index in [2.05, 4.69) is 32.7 Å². The highest BCUT2D eigenvalue weighted by molar-refractivity contribution is 7.80. The molecule has 0 fully saturated rings. The van der Waals surface area contributed by atoms with Crippen molar-refractivity contribution in [1.82, 2.24) is 5.32 Å². The van der Waals surface area contributed by atoms with Crippen LogP contribution in [-0.2, 0) is 5.41 Å². The number of hydrogen-bond acceptors (Lipinski definition) is 2. The van der Waals surface area contributed by atoms with Crippen molar-refractivity contribution in [2.24, 2.45) is 0 Å². The minimum absolute atomic E-state index is 0.0178. The van der Waals surface area contributed by atoms with Crippen LogP contribution in [0.2, 0.25) is 10.0 Å². The predicted molar refractivity (Wildman–Crippen MR) is 116 cm³/mol. The number of hydrogen-bond donors (Lipinski definition) is 1. The lowest BCUT2D eigenvalue weighted by Gasteiger charge is -2.19. The van der Waals surface area contributed by atoms with Gasteiger partial charge in [0.25, 0.3) is 6.04 Å². The summed E-state index contributed by atoms with van der Waals surface area (Å²) in [5.41, 5.74) is 1.64. The molecule has 0 aliphatic heterocycles. The Morgan fingerprint density at radius 2 is 1.85 bits per heavy atom. The SMILES string of the molecule is C=CCNC(=S)[C@@H](C(=O)c1ccc(Cl)c(Cl)c1)[n+]1ccc(C(C)(C)C)cc1. The van der Waals surface area contributed by atoms with Crippen LogP contribution in [-0.4, -0.2) is 17.3 Å². The standard InChI is InChI=1S/C21H22Cl2N2OS/c1-5-10-24-20(27)18(19(26)14-6-7-16(22)17(23)13-14)25-11-8-15(9-12-25)21(2,3)4/h5-9,11-13,18H,1,10H2,2-4H3/p+1/t18-/m1/s1. The molecule has 0 spiro atoms. The van der Waals surface area contributed by atoms with E-state index in [1.807, 2.05) is 24.5 Å². The molecule has 0 aliphatic carbocycles. The summed E-state index contributed by atoms with van der Waals surface area (Å²) in [5.74, 6) is -0.163. The van der Waals surface area contributed by atoms with Crippen molar-refractivity contribution in [3.8, 4) is 0 Å². The number of pyridine rings is 1. The zero-order valence-corrected chi connectivity index (χ0v) is 18.0. The number of ketones is 1. The van der Waals surface area contributed by atoms with Crippen LogP contribution >= 0.6 is 35.4 Å². The summed E-state index contributed by atoms with van der Waals surface area (Å²) < 4.78 is 1.80. The van der Waals surface area contributed by atoms with Crippen molar-refractivity contribution < 1.29 is 9.36 Å². The number of nitrogens with one attached hydrogen (secondary N) is 1. The summed E-state index contributed by atoms with van der Waals surface area (Å²) in [4.78, 5) is 13.6. The number of benzene rings is 1. The molecule has 0 aliphatic rings. The van der Waals surface area contributed by atoms with Crippen LogP contribution < -0.4 is 9.88 Å². The quantitative estimate of drug-likeness (QED) is 0.304. The second kappa shape index (κ2) is 8.96. The van der Waals surface area contributed by atoms with E-state index in [4.69, 9.17) is 35.4 Å². The van der Waals surface area contributed by atoms with Gasteiger partial charge < -0.3 is 5.32 Å². The second-order valence-electron chi connectivity index (χ2n) is 7.21. The van der Waals surface area contributed by atoms with Crippen molar-refractivity contribution in [3.63, 3.8) is 0 Å². The first kappa shape index (κ1) is 21.5.